The van der Waals surface area contributed by atoms with Gasteiger partial charge in [-0.25, -0.2) is 14.6 Å². The Morgan fingerprint density at radius 1 is 1.19 bits per heavy atom. The highest BCUT2D eigenvalue weighted by Crippen LogP contribution is 2.31. The van der Waals surface area contributed by atoms with Crippen LogP contribution >= 0.6 is 22.9 Å². The number of benzene rings is 2. The number of fused-ring (bicyclic) bond motifs is 1. The molecule has 1 aliphatic rings. The lowest BCUT2D eigenvalue weighted by atomic mass is 9.96. The first-order valence-electron chi connectivity index (χ1n) is 11.2. The van der Waals surface area contributed by atoms with Gasteiger partial charge < -0.3 is 19.3 Å². The summed E-state index contributed by atoms with van der Waals surface area (Å²) in [7, 11) is 1.44. The smallest absolute Gasteiger partial charge is 0.341 e. The second kappa shape index (κ2) is 11.0. The van der Waals surface area contributed by atoms with Crippen LogP contribution in [0.1, 0.15) is 31.0 Å². The molecule has 0 fully saturated rings. The third kappa shape index (κ3) is 5.45. The Morgan fingerprint density at radius 3 is 2.57 bits per heavy atom. The average Bonchev–Trinajstić information content (AvgIpc) is 3.17. The van der Waals surface area contributed by atoms with Gasteiger partial charge in [-0.2, -0.15) is 0 Å². The van der Waals surface area contributed by atoms with Crippen molar-refractivity contribution in [3.63, 3.8) is 0 Å². The van der Waals surface area contributed by atoms with Gasteiger partial charge in [0.15, 0.2) is 22.9 Å². The van der Waals surface area contributed by atoms with Crippen LogP contribution in [0, 0.1) is 0 Å². The number of thiazole rings is 1. The van der Waals surface area contributed by atoms with Crippen molar-refractivity contribution < 1.29 is 28.9 Å². The molecule has 1 N–H and O–H groups in total. The Balaban J connectivity index is 1.85. The van der Waals surface area contributed by atoms with E-state index in [4.69, 9.17) is 30.9 Å². The van der Waals surface area contributed by atoms with E-state index in [1.807, 2.05) is 0 Å². The summed E-state index contributed by atoms with van der Waals surface area (Å²) in [4.78, 5) is 42.4. The number of allylic oxidation sites excluding steroid dienone is 1. The molecule has 1 atom stereocenters. The minimum absolute atomic E-state index is 0.182. The fourth-order valence-electron chi connectivity index (χ4n) is 3.94. The number of aromatic nitrogens is 1. The van der Waals surface area contributed by atoms with Crippen molar-refractivity contribution in [2.75, 3.05) is 20.3 Å². The monoisotopic (exact) mass is 542 g/mol. The first kappa shape index (κ1) is 26.2. The Labute approximate surface area is 220 Å². The molecular weight excluding hydrogens is 520 g/mol. The zero-order chi connectivity index (χ0) is 26.7. The lowest BCUT2D eigenvalue weighted by molar-refractivity contribution is -0.140. The van der Waals surface area contributed by atoms with Gasteiger partial charge in [-0.15, -0.1) is 0 Å². The van der Waals surface area contributed by atoms with Crippen LogP contribution < -0.4 is 24.4 Å². The molecular formula is C26H23ClN2O7S. The van der Waals surface area contributed by atoms with Crippen molar-refractivity contribution in [3.8, 4) is 11.5 Å². The summed E-state index contributed by atoms with van der Waals surface area (Å²) >= 11 is 7.27. The number of aliphatic carboxylic acids is 1. The molecule has 0 bridgehead atoms. The Bertz CT molecular complexity index is 1570. The zero-order valence-electron chi connectivity index (χ0n) is 20.2. The predicted molar refractivity (Wildman–Crippen MR) is 138 cm³/mol. The van der Waals surface area contributed by atoms with Crippen molar-refractivity contribution in [3.05, 3.63) is 89.6 Å². The number of carbonyl (C=O) groups is 2. The van der Waals surface area contributed by atoms with E-state index in [1.165, 1.54) is 23.0 Å². The topological polar surface area (TPSA) is 116 Å². The molecule has 9 nitrogen and oxygen atoms in total. The van der Waals surface area contributed by atoms with E-state index in [9.17, 15) is 14.4 Å². The van der Waals surface area contributed by atoms with Gasteiger partial charge in [-0.05, 0) is 55.3 Å². The number of carboxylic acid groups (broad SMARTS) is 1. The number of halogens is 1. The highest BCUT2D eigenvalue weighted by Gasteiger charge is 2.33. The van der Waals surface area contributed by atoms with Crippen molar-refractivity contribution in [2.45, 2.75) is 19.9 Å². The summed E-state index contributed by atoms with van der Waals surface area (Å²) in [6, 6.07) is 11.1. The highest BCUT2D eigenvalue weighted by molar-refractivity contribution is 7.07. The summed E-state index contributed by atoms with van der Waals surface area (Å²) in [5, 5.41) is 9.39. The molecule has 37 heavy (non-hydrogen) atoms. The van der Waals surface area contributed by atoms with Crippen molar-refractivity contribution in [1.82, 2.24) is 4.57 Å². The van der Waals surface area contributed by atoms with Crippen LogP contribution in [-0.4, -0.2) is 41.9 Å². The van der Waals surface area contributed by atoms with Crippen molar-refractivity contribution >= 4 is 41.0 Å². The van der Waals surface area contributed by atoms with Crippen molar-refractivity contribution in [1.29, 1.82) is 0 Å². The fraction of sp³-hybridized carbons (Fsp3) is 0.231. The number of esters is 1. The number of hydrogen-bond donors (Lipinski definition) is 1. The molecule has 0 aliphatic carbocycles. The number of methoxy groups -OCH3 is 1. The van der Waals surface area contributed by atoms with Crippen LogP contribution in [0.3, 0.4) is 0 Å². The number of carbonyl (C=O) groups excluding carboxylic acids is 1. The molecule has 1 aliphatic heterocycles. The third-order valence-electron chi connectivity index (χ3n) is 5.54. The second-order valence-corrected chi connectivity index (χ2v) is 9.39. The quantitative estimate of drug-likeness (QED) is 0.435. The van der Waals surface area contributed by atoms with Gasteiger partial charge in [0, 0.05) is 5.02 Å². The third-order valence-corrected chi connectivity index (χ3v) is 6.77. The lowest BCUT2D eigenvalue weighted by Crippen LogP contribution is -2.39. The summed E-state index contributed by atoms with van der Waals surface area (Å²) < 4.78 is 17.7. The maximum Gasteiger partial charge on any atom is 0.341 e. The van der Waals surface area contributed by atoms with Gasteiger partial charge in [0.25, 0.3) is 5.56 Å². The van der Waals surface area contributed by atoms with Gasteiger partial charge in [0.2, 0.25) is 0 Å². The molecule has 0 saturated heterocycles. The predicted octanol–water partition coefficient (Wildman–Crippen LogP) is 2.92. The van der Waals surface area contributed by atoms with Gasteiger partial charge in [0.1, 0.15) is 0 Å². The van der Waals surface area contributed by atoms with Crippen LogP contribution in [0.15, 0.2) is 63.5 Å². The van der Waals surface area contributed by atoms with E-state index in [0.29, 0.717) is 36.9 Å². The molecule has 1 unspecified atom stereocenters. The molecule has 4 rings (SSSR count). The van der Waals surface area contributed by atoms with Crippen LogP contribution in [0.25, 0.3) is 6.08 Å². The van der Waals surface area contributed by atoms with E-state index >= 15 is 0 Å². The van der Waals surface area contributed by atoms with Gasteiger partial charge in [-0.3, -0.25) is 9.36 Å². The van der Waals surface area contributed by atoms with Crippen molar-refractivity contribution in [2.24, 2.45) is 4.99 Å². The largest absolute Gasteiger partial charge is 0.493 e. The second-order valence-electron chi connectivity index (χ2n) is 7.95. The maximum absolute atomic E-state index is 13.7. The van der Waals surface area contributed by atoms with E-state index in [2.05, 4.69) is 4.99 Å². The Morgan fingerprint density at radius 2 is 1.92 bits per heavy atom. The number of carboxylic acids is 1. The molecule has 2 heterocycles. The molecule has 0 amide bonds. The number of rotatable bonds is 8. The van der Waals surface area contributed by atoms with Gasteiger partial charge in [-0.1, -0.05) is 41.1 Å². The number of nitrogens with zero attached hydrogens (tertiary/aromatic N) is 2. The molecule has 0 saturated carbocycles. The van der Waals surface area contributed by atoms with E-state index < -0.39 is 24.6 Å². The first-order valence-corrected chi connectivity index (χ1v) is 12.4. The fourth-order valence-corrected chi connectivity index (χ4v) is 5.11. The summed E-state index contributed by atoms with van der Waals surface area (Å²) in [6.45, 7) is 3.10. The minimum Gasteiger partial charge on any atom is -0.493 e. The van der Waals surface area contributed by atoms with E-state index in [0.717, 1.165) is 0 Å². The molecule has 1 aromatic heterocycles. The molecule has 0 radical (unpaired) electrons. The number of hydrogen-bond acceptors (Lipinski definition) is 8. The highest BCUT2D eigenvalue weighted by atomic mass is 35.5. The SMILES string of the molecule is CCOC(=O)C1=C(C)N=c2s/c(=C\c3ccc(OCC(=O)O)c(OC)c3)c(=O)n2C1c1ccc(Cl)cc1. The molecule has 0 spiro atoms. The standard InChI is InChI=1S/C26H23ClN2O7S/c1-4-35-25(33)22-14(2)28-26-29(23(22)16-6-8-17(27)9-7-16)24(32)20(37-26)12-15-5-10-18(19(11-15)34-3)36-13-21(30)31/h5-12,23H,4,13H2,1-3H3,(H,30,31)/b20-12-. The normalized spacial score (nSPS) is 15.1. The maximum atomic E-state index is 13.7. The van der Waals surface area contributed by atoms with Crippen LogP contribution in [0.4, 0.5) is 0 Å². The summed E-state index contributed by atoms with van der Waals surface area (Å²) in [5.41, 5.74) is 1.74. The van der Waals surface area contributed by atoms with Gasteiger partial charge in [0.05, 0.1) is 35.6 Å². The molecule has 11 heteroatoms. The van der Waals surface area contributed by atoms with Crippen LogP contribution in [-0.2, 0) is 14.3 Å². The minimum atomic E-state index is -1.11. The summed E-state index contributed by atoms with van der Waals surface area (Å²) in [6.07, 6.45) is 1.68. The zero-order valence-corrected chi connectivity index (χ0v) is 21.8. The molecule has 3 aromatic rings. The van der Waals surface area contributed by atoms with Crippen LogP contribution in [0.2, 0.25) is 5.02 Å². The molecule has 2 aromatic carbocycles. The van der Waals surface area contributed by atoms with Gasteiger partial charge >= 0.3 is 11.9 Å². The average molecular weight is 543 g/mol. The molecule has 192 valence electrons. The number of ether oxygens (including phenoxy) is 3. The van der Waals surface area contributed by atoms with Crippen LogP contribution in [0.5, 0.6) is 11.5 Å². The first-order chi connectivity index (χ1) is 17.7. The van der Waals surface area contributed by atoms with E-state index in [1.54, 1.807) is 62.4 Å². The Kier molecular flexibility index (Phi) is 7.80. The summed E-state index contributed by atoms with van der Waals surface area (Å²) in [5.74, 6) is -1.07. The Hall–Kier alpha value is -3.89. The lowest BCUT2D eigenvalue weighted by Gasteiger charge is -2.24. The van der Waals surface area contributed by atoms with E-state index in [-0.39, 0.29) is 23.5 Å².